The van der Waals surface area contributed by atoms with Crippen molar-refractivity contribution in [1.29, 1.82) is 0 Å². The minimum Gasteiger partial charge on any atom is -0.326 e. The summed E-state index contributed by atoms with van der Waals surface area (Å²) in [6, 6.07) is 7.18. The monoisotopic (exact) mass is 291 g/mol. The fourth-order valence-electron chi connectivity index (χ4n) is 2.95. The van der Waals surface area contributed by atoms with Crippen molar-refractivity contribution < 1.29 is 0 Å². The molecule has 20 heavy (non-hydrogen) atoms. The highest BCUT2D eigenvalue weighted by molar-refractivity contribution is 6.16. The molecule has 0 N–H and O–H groups in total. The van der Waals surface area contributed by atoms with Gasteiger partial charge in [-0.3, -0.25) is 4.90 Å². The number of imidazole rings is 1. The highest BCUT2D eigenvalue weighted by Crippen LogP contribution is 2.27. The van der Waals surface area contributed by atoms with E-state index in [4.69, 9.17) is 16.6 Å². The van der Waals surface area contributed by atoms with Crippen LogP contribution < -0.4 is 0 Å². The zero-order valence-electron chi connectivity index (χ0n) is 12.3. The second kappa shape index (κ2) is 5.74. The number of fused-ring (bicyclic) bond motifs is 1. The molecule has 0 unspecified atom stereocenters. The number of halogens is 1. The van der Waals surface area contributed by atoms with E-state index in [2.05, 4.69) is 41.5 Å². The van der Waals surface area contributed by atoms with Gasteiger partial charge >= 0.3 is 0 Å². The number of likely N-dealkylation sites (N-methyl/N-ethyl adjacent to an activating group) is 1. The molecule has 1 heterocycles. The molecule has 1 saturated carbocycles. The number of hydrogen-bond donors (Lipinski definition) is 0. The summed E-state index contributed by atoms with van der Waals surface area (Å²) in [5.41, 5.74) is 3.53. The minimum atomic E-state index is 0.476. The molecular weight excluding hydrogens is 270 g/mol. The van der Waals surface area contributed by atoms with E-state index in [1.807, 2.05) is 0 Å². The van der Waals surface area contributed by atoms with Crippen LogP contribution in [0.5, 0.6) is 0 Å². The number of hydrogen-bond acceptors (Lipinski definition) is 2. The van der Waals surface area contributed by atoms with Gasteiger partial charge in [-0.25, -0.2) is 4.98 Å². The highest BCUT2D eigenvalue weighted by Gasteiger charge is 2.27. The Hall–Kier alpha value is -1.06. The molecule has 0 bridgehead atoms. The van der Waals surface area contributed by atoms with Crippen molar-refractivity contribution in [1.82, 2.24) is 14.5 Å². The van der Waals surface area contributed by atoms with E-state index >= 15 is 0 Å². The van der Waals surface area contributed by atoms with Crippen molar-refractivity contribution >= 4 is 22.6 Å². The van der Waals surface area contributed by atoms with Crippen molar-refractivity contribution in [2.75, 3.05) is 13.1 Å². The highest BCUT2D eigenvalue weighted by atomic mass is 35.5. The van der Waals surface area contributed by atoms with Crippen molar-refractivity contribution in [2.45, 2.75) is 45.2 Å². The van der Waals surface area contributed by atoms with E-state index < -0.39 is 0 Å². The summed E-state index contributed by atoms with van der Waals surface area (Å²) in [5.74, 6) is 1.46. The van der Waals surface area contributed by atoms with Gasteiger partial charge in [0.05, 0.1) is 16.9 Å². The first-order valence-electron chi connectivity index (χ1n) is 7.49. The van der Waals surface area contributed by atoms with Crippen molar-refractivity contribution in [3.63, 3.8) is 0 Å². The molecule has 108 valence electrons. The molecule has 2 aromatic rings. The Bertz CT molecular complexity index is 601. The van der Waals surface area contributed by atoms with Gasteiger partial charge in [-0.1, -0.05) is 19.1 Å². The topological polar surface area (TPSA) is 21.1 Å². The Balaban J connectivity index is 1.87. The fourth-order valence-corrected chi connectivity index (χ4v) is 3.16. The normalized spacial score (nSPS) is 15.4. The van der Waals surface area contributed by atoms with Crippen LogP contribution in [0.15, 0.2) is 18.2 Å². The van der Waals surface area contributed by atoms with Crippen molar-refractivity contribution in [2.24, 2.45) is 0 Å². The van der Waals surface area contributed by atoms with Crippen molar-refractivity contribution in [3.05, 3.63) is 29.6 Å². The van der Waals surface area contributed by atoms with Gasteiger partial charge < -0.3 is 4.57 Å². The first-order chi connectivity index (χ1) is 9.74. The van der Waals surface area contributed by atoms with E-state index in [0.717, 1.165) is 37.0 Å². The molecule has 1 aliphatic carbocycles. The Morgan fingerprint density at radius 2 is 2.20 bits per heavy atom. The van der Waals surface area contributed by atoms with Crippen molar-refractivity contribution in [3.8, 4) is 0 Å². The van der Waals surface area contributed by atoms with Crippen LogP contribution in [0, 0.1) is 6.92 Å². The Kier molecular flexibility index (Phi) is 3.99. The van der Waals surface area contributed by atoms with E-state index in [9.17, 15) is 0 Å². The molecule has 1 fully saturated rings. The van der Waals surface area contributed by atoms with E-state index in [-0.39, 0.29) is 0 Å². The largest absolute Gasteiger partial charge is 0.326 e. The average molecular weight is 292 g/mol. The molecule has 0 aliphatic heterocycles. The standard InChI is InChI=1S/C16H22ClN3/c1-3-19(13-7-8-13)9-10-20-14-6-4-5-12(2)16(14)18-15(20)11-17/h4-6,13H,3,7-11H2,1-2H3. The second-order valence-electron chi connectivity index (χ2n) is 5.62. The molecule has 4 heteroatoms. The van der Waals surface area contributed by atoms with Crippen LogP contribution in [0.2, 0.25) is 0 Å². The molecule has 0 saturated heterocycles. The third-order valence-corrected chi connectivity index (χ3v) is 4.50. The van der Waals surface area contributed by atoms with Gasteiger partial charge in [0.15, 0.2) is 0 Å². The van der Waals surface area contributed by atoms with Gasteiger partial charge in [0.1, 0.15) is 5.82 Å². The number of para-hydroxylation sites is 1. The van der Waals surface area contributed by atoms with Crippen LogP contribution in [0.1, 0.15) is 31.2 Å². The Morgan fingerprint density at radius 1 is 1.40 bits per heavy atom. The number of aryl methyl sites for hydroxylation is 1. The van der Waals surface area contributed by atoms with Gasteiger partial charge in [0.2, 0.25) is 0 Å². The third-order valence-electron chi connectivity index (χ3n) is 4.26. The summed E-state index contributed by atoms with van der Waals surface area (Å²) in [4.78, 5) is 7.28. The first-order valence-corrected chi connectivity index (χ1v) is 8.02. The second-order valence-corrected chi connectivity index (χ2v) is 5.88. The maximum Gasteiger partial charge on any atom is 0.124 e. The molecule has 0 atom stereocenters. The summed E-state index contributed by atoms with van der Waals surface area (Å²) < 4.78 is 2.29. The zero-order chi connectivity index (χ0) is 14.1. The van der Waals surface area contributed by atoms with E-state index in [0.29, 0.717) is 5.88 Å². The molecule has 1 aromatic heterocycles. The zero-order valence-corrected chi connectivity index (χ0v) is 13.0. The summed E-state index contributed by atoms with van der Waals surface area (Å²) in [7, 11) is 0. The molecule has 0 radical (unpaired) electrons. The quantitative estimate of drug-likeness (QED) is 0.759. The lowest BCUT2D eigenvalue weighted by molar-refractivity contribution is 0.266. The van der Waals surface area contributed by atoms with Crippen LogP contribution >= 0.6 is 11.6 Å². The van der Waals surface area contributed by atoms with Gasteiger partial charge in [-0.05, 0) is 37.9 Å². The van der Waals surface area contributed by atoms with Crippen LogP contribution in [0.4, 0.5) is 0 Å². The number of rotatable bonds is 6. The SMILES string of the molecule is CCN(CCn1c(CCl)nc2c(C)cccc21)C1CC1. The molecule has 1 aliphatic rings. The van der Waals surface area contributed by atoms with Gasteiger partial charge in [0, 0.05) is 19.1 Å². The summed E-state index contributed by atoms with van der Waals surface area (Å²) in [6.07, 6.45) is 2.72. The molecule has 1 aromatic carbocycles. The Labute approximate surface area is 125 Å². The predicted molar refractivity (Wildman–Crippen MR) is 84.3 cm³/mol. The first kappa shape index (κ1) is 13.9. The summed E-state index contributed by atoms with van der Waals surface area (Å²) in [5, 5.41) is 0. The average Bonchev–Trinajstić information content (AvgIpc) is 3.22. The molecule has 0 amide bonds. The fraction of sp³-hybridized carbons (Fsp3) is 0.562. The van der Waals surface area contributed by atoms with Gasteiger partial charge in [-0.15, -0.1) is 11.6 Å². The maximum atomic E-state index is 6.08. The van der Waals surface area contributed by atoms with Crippen LogP contribution in [-0.4, -0.2) is 33.6 Å². The van der Waals surface area contributed by atoms with Crippen LogP contribution in [0.25, 0.3) is 11.0 Å². The number of nitrogens with zero attached hydrogens (tertiary/aromatic N) is 3. The summed E-state index contributed by atoms with van der Waals surface area (Å²) >= 11 is 6.08. The smallest absolute Gasteiger partial charge is 0.124 e. The van der Waals surface area contributed by atoms with Gasteiger partial charge in [0.25, 0.3) is 0 Å². The van der Waals surface area contributed by atoms with Crippen LogP contribution in [0.3, 0.4) is 0 Å². The molecule has 3 nitrogen and oxygen atoms in total. The number of alkyl halides is 1. The van der Waals surface area contributed by atoms with E-state index in [1.165, 1.54) is 23.9 Å². The lowest BCUT2D eigenvalue weighted by Crippen LogP contribution is -2.29. The molecule has 3 rings (SSSR count). The summed E-state index contributed by atoms with van der Waals surface area (Å²) in [6.45, 7) is 7.56. The van der Waals surface area contributed by atoms with E-state index in [1.54, 1.807) is 0 Å². The Morgan fingerprint density at radius 3 is 2.85 bits per heavy atom. The third kappa shape index (κ3) is 2.57. The lowest BCUT2D eigenvalue weighted by Gasteiger charge is -2.20. The minimum absolute atomic E-state index is 0.476. The lowest BCUT2D eigenvalue weighted by atomic mass is 10.2. The molecule has 0 spiro atoms. The van der Waals surface area contributed by atoms with Gasteiger partial charge in [-0.2, -0.15) is 0 Å². The number of aromatic nitrogens is 2. The van der Waals surface area contributed by atoms with Crippen LogP contribution in [-0.2, 0) is 12.4 Å². The predicted octanol–water partition coefficient (Wildman–Crippen LogP) is 3.57. The number of benzene rings is 1. The molecular formula is C16H22ClN3. The maximum absolute atomic E-state index is 6.08.